The van der Waals surface area contributed by atoms with Crippen molar-refractivity contribution in [3.05, 3.63) is 29.3 Å². The Labute approximate surface area is 122 Å². The molecule has 0 atom stereocenters. The lowest BCUT2D eigenvalue weighted by Gasteiger charge is -2.12. The summed E-state index contributed by atoms with van der Waals surface area (Å²) in [5.74, 6) is 0.927. The normalized spacial score (nSPS) is 14.5. The fourth-order valence-electron chi connectivity index (χ4n) is 2.24. The lowest BCUT2D eigenvalue weighted by atomic mass is 10.1. The Bertz CT molecular complexity index is 402. The van der Waals surface area contributed by atoms with Crippen molar-refractivity contribution in [2.24, 2.45) is 0 Å². The lowest BCUT2D eigenvalue weighted by Crippen LogP contribution is -2.15. The van der Waals surface area contributed by atoms with E-state index < -0.39 is 0 Å². The molecule has 1 N–H and O–H groups in total. The van der Waals surface area contributed by atoms with E-state index in [1.165, 1.54) is 31.2 Å². The van der Waals surface area contributed by atoms with Crippen LogP contribution < -0.4 is 10.1 Å². The third kappa shape index (κ3) is 5.14. The summed E-state index contributed by atoms with van der Waals surface area (Å²) in [5.41, 5.74) is 2.46. The van der Waals surface area contributed by atoms with Crippen LogP contribution in [0.15, 0.2) is 18.2 Å². The molecule has 0 radical (unpaired) electrons. The number of unbranched alkanes of at least 4 members (excludes halogenated alkanes) is 2. The van der Waals surface area contributed by atoms with Crippen LogP contribution in [0.2, 0.25) is 0 Å². The molecule has 1 saturated carbocycles. The largest absolute Gasteiger partial charge is 0.496 e. The molecule has 0 heterocycles. The van der Waals surface area contributed by atoms with E-state index in [1.807, 2.05) is 0 Å². The second-order valence-corrected chi connectivity index (χ2v) is 5.56. The molecular formula is C17H27NO2. The van der Waals surface area contributed by atoms with E-state index in [1.54, 1.807) is 7.11 Å². The van der Waals surface area contributed by atoms with E-state index in [0.717, 1.165) is 36.9 Å². The highest BCUT2D eigenvalue weighted by molar-refractivity contribution is 5.37. The van der Waals surface area contributed by atoms with Gasteiger partial charge in [0, 0.05) is 24.8 Å². The predicted octanol–water partition coefficient (Wildman–Crippen LogP) is 3.65. The van der Waals surface area contributed by atoms with Gasteiger partial charge in [0.2, 0.25) is 0 Å². The molecule has 0 aliphatic heterocycles. The lowest BCUT2D eigenvalue weighted by molar-refractivity contribution is 0.115. The molecule has 0 saturated heterocycles. The molecule has 2 rings (SSSR count). The average Bonchev–Trinajstić information content (AvgIpc) is 3.29. The molecule has 1 fully saturated rings. The summed E-state index contributed by atoms with van der Waals surface area (Å²) in [6, 6.07) is 7.13. The third-order valence-electron chi connectivity index (χ3n) is 3.67. The smallest absolute Gasteiger partial charge is 0.124 e. The summed E-state index contributed by atoms with van der Waals surface area (Å²) in [7, 11) is 1.72. The van der Waals surface area contributed by atoms with Gasteiger partial charge in [0.1, 0.15) is 5.75 Å². The van der Waals surface area contributed by atoms with Gasteiger partial charge >= 0.3 is 0 Å². The zero-order valence-corrected chi connectivity index (χ0v) is 12.8. The van der Waals surface area contributed by atoms with Crippen molar-refractivity contribution >= 4 is 0 Å². The molecule has 0 aromatic heterocycles. The maximum atomic E-state index is 5.76. The second kappa shape index (κ2) is 8.28. The summed E-state index contributed by atoms with van der Waals surface area (Å²) in [6.07, 6.45) is 6.26. The monoisotopic (exact) mass is 277 g/mol. The molecule has 1 aromatic rings. The molecular weight excluding hydrogens is 250 g/mol. The van der Waals surface area contributed by atoms with Crippen LogP contribution in [0, 0.1) is 0 Å². The first-order valence-corrected chi connectivity index (χ1v) is 7.80. The molecule has 0 amide bonds. The molecule has 0 bridgehead atoms. The van der Waals surface area contributed by atoms with Crippen LogP contribution >= 0.6 is 0 Å². The first-order chi connectivity index (χ1) is 9.83. The van der Waals surface area contributed by atoms with E-state index in [0.29, 0.717) is 6.61 Å². The van der Waals surface area contributed by atoms with E-state index in [-0.39, 0.29) is 0 Å². The van der Waals surface area contributed by atoms with Gasteiger partial charge < -0.3 is 14.8 Å². The Morgan fingerprint density at radius 2 is 2.10 bits per heavy atom. The highest BCUT2D eigenvalue weighted by Gasteiger charge is 2.20. The van der Waals surface area contributed by atoms with Crippen LogP contribution in [0.4, 0.5) is 0 Å². The van der Waals surface area contributed by atoms with Gasteiger partial charge in [-0.05, 0) is 37.0 Å². The minimum Gasteiger partial charge on any atom is -0.496 e. The first-order valence-electron chi connectivity index (χ1n) is 7.80. The van der Waals surface area contributed by atoms with Crippen molar-refractivity contribution in [1.82, 2.24) is 5.32 Å². The van der Waals surface area contributed by atoms with Gasteiger partial charge in [-0.25, -0.2) is 0 Å². The summed E-state index contributed by atoms with van der Waals surface area (Å²) in [4.78, 5) is 0. The Kier molecular flexibility index (Phi) is 6.34. The van der Waals surface area contributed by atoms with Gasteiger partial charge in [-0.15, -0.1) is 0 Å². The molecule has 0 unspecified atom stereocenters. The molecule has 3 heteroatoms. The number of benzene rings is 1. The van der Waals surface area contributed by atoms with Gasteiger partial charge in [-0.3, -0.25) is 0 Å². The summed E-state index contributed by atoms with van der Waals surface area (Å²) >= 11 is 0. The average molecular weight is 277 g/mol. The van der Waals surface area contributed by atoms with E-state index in [2.05, 4.69) is 30.4 Å². The van der Waals surface area contributed by atoms with Crippen LogP contribution in [0.1, 0.15) is 50.2 Å². The molecule has 1 aliphatic carbocycles. The topological polar surface area (TPSA) is 30.5 Å². The standard InChI is InChI=1S/C17H27NO2/c1-3-4-5-10-20-13-15-11-14(6-9-17(15)19-2)12-18-16-7-8-16/h6,9,11,16,18H,3-5,7-8,10,12-13H2,1-2H3. The zero-order valence-electron chi connectivity index (χ0n) is 12.8. The zero-order chi connectivity index (χ0) is 14.2. The minimum absolute atomic E-state index is 0.643. The Hall–Kier alpha value is -1.06. The molecule has 1 aliphatic rings. The number of hydrogen-bond donors (Lipinski definition) is 1. The van der Waals surface area contributed by atoms with Gasteiger partial charge in [0.15, 0.2) is 0 Å². The van der Waals surface area contributed by atoms with Crippen molar-refractivity contribution < 1.29 is 9.47 Å². The van der Waals surface area contributed by atoms with Gasteiger partial charge in [-0.1, -0.05) is 25.8 Å². The summed E-state index contributed by atoms with van der Waals surface area (Å²) in [6.45, 7) is 4.63. The maximum Gasteiger partial charge on any atom is 0.124 e. The molecule has 20 heavy (non-hydrogen) atoms. The Morgan fingerprint density at radius 3 is 2.80 bits per heavy atom. The van der Waals surface area contributed by atoms with Crippen molar-refractivity contribution in [2.45, 2.75) is 58.2 Å². The Balaban J connectivity index is 1.84. The van der Waals surface area contributed by atoms with Crippen molar-refractivity contribution in [1.29, 1.82) is 0 Å². The SMILES string of the molecule is CCCCCOCc1cc(CNC2CC2)ccc1OC. The summed E-state index contributed by atoms with van der Waals surface area (Å²) in [5, 5.41) is 3.54. The molecule has 0 spiro atoms. The number of rotatable bonds is 10. The summed E-state index contributed by atoms with van der Waals surface area (Å²) < 4.78 is 11.2. The molecule has 112 valence electrons. The van der Waals surface area contributed by atoms with E-state index in [4.69, 9.17) is 9.47 Å². The van der Waals surface area contributed by atoms with Gasteiger partial charge in [0.25, 0.3) is 0 Å². The molecule has 3 nitrogen and oxygen atoms in total. The number of hydrogen-bond acceptors (Lipinski definition) is 3. The van der Waals surface area contributed by atoms with Crippen LogP contribution in [-0.2, 0) is 17.9 Å². The second-order valence-electron chi connectivity index (χ2n) is 5.56. The quantitative estimate of drug-likeness (QED) is 0.662. The minimum atomic E-state index is 0.643. The highest BCUT2D eigenvalue weighted by atomic mass is 16.5. The fraction of sp³-hybridized carbons (Fsp3) is 0.647. The van der Waals surface area contributed by atoms with Crippen LogP contribution in [-0.4, -0.2) is 19.8 Å². The van der Waals surface area contributed by atoms with Crippen LogP contribution in [0.5, 0.6) is 5.75 Å². The van der Waals surface area contributed by atoms with Gasteiger partial charge in [0.05, 0.1) is 13.7 Å². The predicted molar refractivity (Wildman–Crippen MR) is 82.0 cm³/mol. The van der Waals surface area contributed by atoms with Crippen molar-refractivity contribution in [2.75, 3.05) is 13.7 Å². The van der Waals surface area contributed by atoms with Crippen molar-refractivity contribution in [3.8, 4) is 5.75 Å². The van der Waals surface area contributed by atoms with Crippen LogP contribution in [0.3, 0.4) is 0 Å². The van der Waals surface area contributed by atoms with E-state index >= 15 is 0 Å². The number of nitrogens with one attached hydrogen (secondary N) is 1. The maximum absolute atomic E-state index is 5.76. The fourth-order valence-corrected chi connectivity index (χ4v) is 2.24. The highest BCUT2D eigenvalue weighted by Crippen LogP contribution is 2.23. The van der Waals surface area contributed by atoms with Crippen molar-refractivity contribution in [3.63, 3.8) is 0 Å². The van der Waals surface area contributed by atoms with Gasteiger partial charge in [-0.2, -0.15) is 0 Å². The number of ether oxygens (including phenoxy) is 2. The van der Waals surface area contributed by atoms with Crippen LogP contribution in [0.25, 0.3) is 0 Å². The third-order valence-corrected chi connectivity index (χ3v) is 3.67. The number of methoxy groups -OCH3 is 1. The van der Waals surface area contributed by atoms with E-state index in [9.17, 15) is 0 Å². The first kappa shape index (κ1) is 15.3. The molecule has 1 aromatic carbocycles. The Morgan fingerprint density at radius 1 is 1.25 bits per heavy atom.